The fourth-order valence-corrected chi connectivity index (χ4v) is 9.56. The zero-order valence-electron chi connectivity index (χ0n) is 49.9. The molecule has 7 nitrogen and oxygen atoms in total. The summed E-state index contributed by atoms with van der Waals surface area (Å²) in [6, 6.07) is 40.1. The second kappa shape index (κ2) is 32.3. The number of hydrogen-bond acceptors (Lipinski definition) is 6. The SMILES string of the molecule is C=C(F)c1ccccc1F.C=Cc1ccccc1F.CC(C)(C)OC(=O)CC1CC1(F)c1ccccc1F.CCOC(=O)C1CC1(F)c1ccccc1F.Fc1ccccc1C(F)CBr.NC1CC1(F)c1ccccc1F.O=C(O)C1CC1(F)c1ccccc1F. The summed E-state index contributed by atoms with van der Waals surface area (Å²) in [6.45, 7) is 13.6. The number of ether oxygens (including phenoxy) is 2. The molecule has 4 aliphatic carbocycles. The van der Waals surface area contributed by atoms with Crippen LogP contribution in [0.15, 0.2) is 183 Å². The Bertz CT molecular complexity index is 3630. The van der Waals surface area contributed by atoms with Gasteiger partial charge in [-0.25, -0.2) is 57.1 Å². The lowest BCUT2D eigenvalue weighted by molar-refractivity contribution is -0.155. The maximum atomic E-state index is 14.5. The Morgan fingerprint density at radius 1 is 0.593 bits per heavy atom. The molecule has 0 bridgehead atoms. The summed E-state index contributed by atoms with van der Waals surface area (Å²) in [5.74, 6) is -9.05. The van der Waals surface area contributed by atoms with E-state index >= 15 is 0 Å². The largest absolute Gasteiger partial charge is 0.481 e. The van der Waals surface area contributed by atoms with Crippen LogP contribution in [0, 0.1) is 58.5 Å². The number of carbonyl (C=O) groups excluding carboxylic acids is 2. The van der Waals surface area contributed by atoms with Crippen LogP contribution < -0.4 is 5.73 Å². The molecule has 9 unspecified atom stereocenters. The minimum absolute atomic E-state index is 0.00671. The number of rotatable bonds is 13. The van der Waals surface area contributed by atoms with Gasteiger partial charge in [0.2, 0.25) is 0 Å². The van der Waals surface area contributed by atoms with Gasteiger partial charge in [0, 0.05) is 75.5 Å². The highest BCUT2D eigenvalue weighted by atomic mass is 79.9. The molecule has 4 saturated carbocycles. The minimum Gasteiger partial charge on any atom is -0.481 e. The molecule has 21 heteroatoms. The summed E-state index contributed by atoms with van der Waals surface area (Å²) < 4.78 is 182. The van der Waals surface area contributed by atoms with Gasteiger partial charge in [0.25, 0.3) is 0 Å². The number of hydrogen-bond donors (Lipinski definition) is 2. The summed E-state index contributed by atoms with van der Waals surface area (Å²) in [7, 11) is 0. The van der Waals surface area contributed by atoms with Crippen molar-refractivity contribution < 1.29 is 86.0 Å². The van der Waals surface area contributed by atoms with E-state index in [2.05, 4.69) is 29.1 Å². The Hall–Kier alpha value is -8.04. The van der Waals surface area contributed by atoms with E-state index in [1.807, 2.05) is 0 Å². The lowest BCUT2D eigenvalue weighted by Crippen LogP contribution is -2.24. The first-order valence-corrected chi connectivity index (χ1v) is 29.5. The molecule has 4 aliphatic rings. The van der Waals surface area contributed by atoms with Crippen LogP contribution in [-0.4, -0.2) is 46.6 Å². The average molecular weight is 1350 g/mol. The molecule has 11 rings (SSSR count). The third-order valence-electron chi connectivity index (χ3n) is 14.4. The number of esters is 2. The van der Waals surface area contributed by atoms with Crippen LogP contribution in [-0.2, 0) is 46.5 Å². The molecular weight excluding hydrogens is 1280 g/mol. The number of carboxylic acid groups (broad SMARTS) is 1. The van der Waals surface area contributed by atoms with Crippen LogP contribution in [0.25, 0.3) is 11.9 Å². The molecule has 0 radical (unpaired) electrons. The van der Waals surface area contributed by atoms with E-state index in [9.17, 15) is 71.5 Å². The number of carboxylic acids is 1. The van der Waals surface area contributed by atoms with Crippen LogP contribution in [0.3, 0.4) is 0 Å². The zero-order chi connectivity index (χ0) is 67.6. The summed E-state index contributed by atoms with van der Waals surface area (Å²) in [5.41, 5.74) is -1.88. The first-order chi connectivity index (χ1) is 42.8. The average Bonchev–Trinajstić information content (AvgIpc) is 1.61. The summed E-state index contributed by atoms with van der Waals surface area (Å²) in [4.78, 5) is 33.5. The van der Waals surface area contributed by atoms with Crippen LogP contribution in [0.1, 0.15) is 105 Å². The molecule has 0 aromatic heterocycles. The third kappa shape index (κ3) is 20.2. The van der Waals surface area contributed by atoms with Gasteiger partial charge >= 0.3 is 17.9 Å². The van der Waals surface area contributed by atoms with E-state index in [0.717, 1.165) is 6.07 Å². The number of aliphatic carboxylic acids is 1. The highest BCUT2D eigenvalue weighted by molar-refractivity contribution is 9.09. The van der Waals surface area contributed by atoms with Gasteiger partial charge in [0.1, 0.15) is 64.0 Å². The topological polar surface area (TPSA) is 116 Å². The van der Waals surface area contributed by atoms with Crippen molar-refractivity contribution in [1.82, 2.24) is 0 Å². The van der Waals surface area contributed by atoms with E-state index in [4.69, 9.17) is 20.3 Å². The lowest BCUT2D eigenvalue weighted by Gasteiger charge is -2.19. The predicted molar refractivity (Wildman–Crippen MR) is 325 cm³/mol. The molecule has 0 aliphatic heterocycles. The minimum atomic E-state index is -2.00. The molecular formula is C70H67BrF13NO6. The number of carbonyl (C=O) groups is 3. The number of halogens is 14. The molecule has 0 saturated heterocycles. The van der Waals surface area contributed by atoms with E-state index in [0.29, 0.717) is 5.56 Å². The van der Waals surface area contributed by atoms with Gasteiger partial charge in [0.05, 0.1) is 24.9 Å². The van der Waals surface area contributed by atoms with Crippen LogP contribution in [0.2, 0.25) is 0 Å². The zero-order valence-corrected chi connectivity index (χ0v) is 51.4. The molecule has 0 heterocycles. The summed E-state index contributed by atoms with van der Waals surface area (Å²) >= 11 is 2.94. The van der Waals surface area contributed by atoms with Gasteiger partial charge in [-0.1, -0.05) is 156 Å². The van der Waals surface area contributed by atoms with Crippen LogP contribution in [0.5, 0.6) is 0 Å². The quantitative estimate of drug-likeness (QED) is 0.0671. The van der Waals surface area contributed by atoms with Crippen molar-refractivity contribution in [1.29, 1.82) is 0 Å². The van der Waals surface area contributed by atoms with Crippen molar-refractivity contribution in [2.24, 2.45) is 23.5 Å². The Morgan fingerprint density at radius 2 is 0.978 bits per heavy atom. The van der Waals surface area contributed by atoms with Gasteiger partial charge in [-0.15, -0.1) is 0 Å². The Morgan fingerprint density at radius 3 is 1.33 bits per heavy atom. The van der Waals surface area contributed by atoms with Crippen molar-refractivity contribution in [2.75, 3.05) is 11.9 Å². The van der Waals surface area contributed by atoms with Crippen molar-refractivity contribution in [3.8, 4) is 0 Å². The summed E-state index contributed by atoms with van der Waals surface area (Å²) in [6.07, 6.45) is 0.505. The van der Waals surface area contributed by atoms with E-state index in [-0.39, 0.29) is 83.2 Å². The highest BCUT2D eigenvalue weighted by Gasteiger charge is 2.64. The molecule has 0 amide bonds. The maximum Gasteiger partial charge on any atom is 0.312 e. The normalized spacial score (nSPS) is 22.8. The lowest BCUT2D eigenvalue weighted by atomic mass is 10.0. The van der Waals surface area contributed by atoms with Gasteiger partial charge in [0.15, 0.2) is 17.0 Å². The van der Waals surface area contributed by atoms with Crippen molar-refractivity contribution in [2.45, 2.75) is 100 Å². The summed E-state index contributed by atoms with van der Waals surface area (Å²) in [5, 5.41) is 8.71. The third-order valence-corrected chi connectivity index (χ3v) is 15.0. The highest BCUT2D eigenvalue weighted by Crippen LogP contribution is 2.59. The maximum absolute atomic E-state index is 14.5. The van der Waals surface area contributed by atoms with E-state index in [1.54, 1.807) is 82.3 Å². The van der Waals surface area contributed by atoms with Gasteiger partial charge in [-0.3, -0.25) is 14.4 Å². The van der Waals surface area contributed by atoms with Crippen molar-refractivity contribution >= 4 is 45.7 Å². The van der Waals surface area contributed by atoms with Gasteiger partial charge in [-0.05, 0) is 82.6 Å². The fourth-order valence-electron chi connectivity index (χ4n) is 9.21. The Balaban J connectivity index is 0.000000195. The molecule has 4 fully saturated rings. The first kappa shape index (κ1) is 73.7. The number of benzene rings is 7. The predicted octanol–water partition coefficient (Wildman–Crippen LogP) is 18.6. The second-order valence-corrected chi connectivity index (χ2v) is 22.9. The molecule has 9 atom stereocenters. The first-order valence-electron chi connectivity index (χ1n) is 28.4. The second-order valence-electron chi connectivity index (χ2n) is 22.2. The fraction of sp³-hybridized carbons (Fsp3) is 0.300. The van der Waals surface area contributed by atoms with Crippen molar-refractivity contribution in [3.63, 3.8) is 0 Å². The smallest absolute Gasteiger partial charge is 0.312 e. The molecule has 7 aromatic rings. The molecule has 91 heavy (non-hydrogen) atoms. The van der Waals surface area contributed by atoms with E-state index < -0.39 is 117 Å². The van der Waals surface area contributed by atoms with Crippen molar-refractivity contribution in [3.05, 3.63) is 263 Å². The molecule has 7 aromatic carbocycles. The standard InChI is InChI=1S/C15H18F2O2.C12H12F2O2.C10H8F2O2.C9H9F2N.C8H7BrF2.C8H6F2.C8H7F/c1-14(2,3)19-13(18)8-10-9-15(10,17)11-6-4-5-7-12(11)16;1-2-16-11(15)9-7-12(9,14)8-5-3-4-6-10(8)13;11-8-4-2-1-3-6(8)10(12)5-7(10)9(13)14;10-7-4-2-1-3-6(7)9(11)5-8(9)12;9-5-8(11)6-3-1-2-4-7(6)10;1-6(9)7-4-2-3-5-8(7)10;1-2-7-5-3-4-6-8(7)9/h4-7,10H,8-9H2,1-3H3;3-6,9H,2,7H2,1H3;1-4,7H,5H2,(H,13,14);1-4,8H,5,12H2;1-4,8H,5H2;2-5H,1H2;2-6H,1H2. The Labute approximate surface area is 527 Å². The Kier molecular flexibility index (Phi) is 26.2. The van der Waals surface area contributed by atoms with Crippen LogP contribution in [0.4, 0.5) is 57.1 Å². The monoisotopic (exact) mass is 1340 g/mol. The van der Waals surface area contributed by atoms with E-state index in [1.165, 1.54) is 115 Å². The van der Waals surface area contributed by atoms with Gasteiger partial charge in [-0.2, -0.15) is 0 Å². The van der Waals surface area contributed by atoms with Crippen LogP contribution >= 0.6 is 15.9 Å². The number of nitrogens with two attached hydrogens (primary N) is 1. The molecule has 486 valence electrons. The molecule has 0 spiro atoms. The number of alkyl halides is 6. The van der Waals surface area contributed by atoms with Gasteiger partial charge < -0.3 is 20.3 Å². The molecule has 3 N–H and O–H groups in total.